The number of aromatic nitrogens is 2. The van der Waals surface area contributed by atoms with Crippen molar-refractivity contribution < 1.29 is 4.39 Å². The van der Waals surface area contributed by atoms with E-state index >= 15 is 0 Å². The number of hydrogen-bond donors (Lipinski definition) is 1. The second-order valence-electron chi connectivity index (χ2n) is 4.21. The molecule has 6 heteroatoms. The Balaban J connectivity index is 1.57. The predicted octanol–water partition coefficient (Wildman–Crippen LogP) is 3.54. The van der Waals surface area contributed by atoms with Crippen LogP contribution in [0.1, 0.15) is 18.4 Å². The Hall–Kier alpha value is -1.14. The van der Waals surface area contributed by atoms with Gasteiger partial charge in [-0.25, -0.2) is 4.39 Å². The maximum absolute atomic E-state index is 13.0. The number of nitrogens with zero attached hydrogens (tertiary/aromatic N) is 2. The minimum atomic E-state index is -0.193. The monoisotopic (exact) mass is 281 g/mol. The molecule has 0 unspecified atom stereocenters. The highest BCUT2D eigenvalue weighted by atomic mass is 32.2. The van der Waals surface area contributed by atoms with Gasteiger partial charge in [-0.1, -0.05) is 35.2 Å². The molecule has 2 aromatic rings. The molecule has 1 aromatic heterocycles. The first-order chi connectivity index (χ1) is 8.79. The summed E-state index contributed by atoms with van der Waals surface area (Å²) in [6.45, 7) is 0. The SMILES string of the molecule is Fc1cccc(CSc2nnc(NC3CC3)s2)c1. The van der Waals surface area contributed by atoms with Crippen molar-refractivity contribution in [1.82, 2.24) is 10.2 Å². The molecule has 94 valence electrons. The number of halogens is 1. The maximum atomic E-state index is 13.0. The van der Waals surface area contributed by atoms with Gasteiger partial charge in [-0.2, -0.15) is 0 Å². The lowest BCUT2D eigenvalue weighted by Crippen LogP contribution is -1.99. The molecule has 1 heterocycles. The molecular weight excluding hydrogens is 269 g/mol. The number of nitrogens with one attached hydrogen (secondary N) is 1. The lowest BCUT2D eigenvalue weighted by atomic mass is 10.2. The van der Waals surface area contributed by atoms with Crippen molar-refractivity contribution in [2.24, 2.45) is 0 Å². The molecule has 1 saturated carbocycles. The standard InChI is InChI=1S/C12H12FN3S2/c13-9-3-1-2-8(6-9)7-17-12-16-15-11(18-12)14-10-4-5-10/h1-3,6,10H,4-5,7H2,(H,14,15). The molecule has 0 amide bonds. The summed E-state index contributed by atoms with van der Waals surface area (Å²) in [5.41, 5.74) is 0.965. The molecule has 0 bridgehead atoms. The summed E-state index contributed by atoms with van der Waals surface area (Å²) in [7, 11) is 0. The number of anilines is 1. The van der Waals surface area contributed by atoms with Crippen LogP contribution in [0, 0.1) is 5.82 Å². The Bertz CT molecular complexity index is 540. The van der Waals surface area contributed by atoms with E-state index < -0.39 is 0 Å². The first kappa shape index (κ1) is 11.9. The number of rotatable bonds is 5. The van der Waals surface area contributed by atoms with Crippen molar-refractivity contribution >= 4 is 28.2 Å². The number of benzene rings is 1. The molecule has 0 atom stereocenters. The average Bonchev–Trinajstić information content (AvgIpc) is 3.05. The van der Waals surface area contributed by atoms with Gasteiger partial charge in [0.2, 0.25) is 5.13 Å². The number of hydrogen-bond acceptors (Lipinski definition) is 5. The van der Waals surface area contributed by atoms with Crippen LogP contribution in [0.3, 0.4) is 0 Å². The van der Waals surface area contributed by atoms with E-state index in [0.717, 1.165) is 20.8 Å². The highest BCUT2D eigenvalue weighted by Crippen LogP contribution is 2.31. The normalized spacial score (nSPS) is 14.7. The predicted molar refractivity (Wildman–Crippen MR) is 72.5 cm³/mol. The van der Waals surface area contributed by atoms with Crippen LogP contribution >= 0.6 is 23.1 Å². The van der Waals surface area contributed by atoms with Gasteiger partial charge >= 0.3 is 0 Å². The highest BCUT2D eigenvalue weighted by molar-refractivity contribution is 8.00. The van der Waals surface area contributed by atoms with E-state index in [1.165, 1.54) is 18.9 Å². The Kier molecular flexibility index (Phi) is 3.47. The van der Waals surface area contributed by atoms with Crippen LogP contribution in [0.25, 0.3) is 0 Å². The van der Waals surface area contributed by atoms with Gasteiger partial charge in [-0.3, -0.25) is 0 Å². The molecule has 3 nitrogen and oxygen atoms in total. The van der Waals surface area contributed by atoms with Crippen LogP contribution in [0.5, 0.6) is 0 Å². The molecule has 0 saturated heterocycles. The van der Waals surface area contributed by atoms with Gasteiger partial charge in [0.1, 0.15) is 5.82 Å². The van der Waals surface area contributed by atoms with Crippen LogP contribution in [-0.2, 0) is 5.75 Å². The van der Waals surface area contributed by atoms with Gasteiger partial charge in [0.15, 0.2) is 4.34 Å². The van der Waals surface area contributed by atoms with Gasteiger partial charge in [0, 0.05) is 11.8 Å². The van der Waals surface area contributed by atoms with Gasteiger partial charge in [-0.05, 0) is 30.5 Å². The summed E-state index contributed by atoms with van der Waals surface area (Å²) in [6.07, 6.45) is 2.46. The summed E-state index contributed by atoms with van der Waals surface area (Å²) in [5.74, 6) is 0.525. The first-order valence-corrected chi connectivity index (χ1v) is 7.57. The van der Waals surface area contributed by atoms with Crippen LogP contribution in [0.2, 0.25) is 0 Å². The maximum Gasteiger partial charge on any atom is 0.206 e. The highest BCUT2D eigenvalue weighted by Gasteiger charge is 2.22. The molecule has 0 aliphatic heterocycles. The lowest BCUT2D eigenvalue weighted by molar-refractivity contribution is 0.626. The van der Waals surface area contributed by atoms with Crippen molar-refractivity contribution in [3.05, 3.63) is 35.6 Å². The van der Waals surface area contributed by atoms with Gasteiger partial charge < -0.3 is 5.32 Å². The minimum Gasteiger partial charge on any atom is -0.357 e. The molecule has 0 spiro atoms. The molecular formula is C12H12FN3S2. The fraction of sp³-hybridized carbons (Fsp3) is 0.333. The smallest absolute Gasteiger partial charge is 0.206 e. The van der Waals surface area contributed by atoms with Crippen LogP contribution in [-0.4, -0.2) is 16.2 Å². The fourth-order valence-corrected chi connectivity index (χ4v) is 3.27. The van der Waals surface area contributed by atoms with E-state index in [1.807, 2.05) is 6.07 Å². The average molecular weight is 281 g/mol. The lowest BCUT2D eigenvalue weighted by Gasteiger charge is -1.98. The molecule has 3 rings (SSSR count). The second-order valence-corrected chi connectivity index (χ2v) is 6.41. The van der Waals surface area contributed by atoms with Gasteiger partial charge in [-0.15, -0.1) is 10.2 Å². The van der Waals surface area contributed by atoms with E-state index in [-0.39, 0.29) is 5.82 Å². The third-order valence-corrected chi connectivity index (χ3v) is 4.62. The summed E-state index contributed by atoms with van der Waals surface area (Å²) < 4.78 is 13.9. The zero-order valence-corrected chi connectivity index (χ0v) is 11.2. The van der Waals surface area contributed by atoms with Crippen molar-refractivity contribution in [3.8, 4) is 0 Å². The Labute approximate surface area is 113 Å². The van der Waals surface area contributed by atoms with Gasteiger partial charge in [0.05, 0.1) is 0 Å². The zero-order chi connectivity index (χ0) is 12.4. The van der Waals surface area contributed by atoms with Gasteiger partial charge in [0.25, 0.3) is 0 Å². The molecule has 1 aromatic carbocycles. The Morgan fingerprint density at radius 1 is 1.39 bits per heavy atom. The Morgan fingerprint density at radius 2 is 2.28 bits per heavy atom. The third kappa shape index (κ3) is 3.20. The van der Waals surface area contributed by atoms with Crippen molar-refractivity contribution in [2.45, 2.75) is 29.0 Å². The molecule has 1 aliphatic carbocycles. The van der Waals surface area contributed by atoms with Crippen molar-refractivity contribution in [2.75, 3.05) is 5.32 Å². The third-order valence-electron chi connectivity index (χ3n) is 2.56. The van der Waals surface area contributed by atoms with E-state index in [1.54, 1.807) is 35.2 Å². The molecule has 0 radical (unpaired) electrons. The largest absolute Gasteiger partial charge is 0.357 e. The molecule has 1 aliphatic rings. The zero-order valence-electron chi connectivity index (χ0n) is 9.60. The van der Waals surface area contributed by atoms with E-state index in [2.05, 4.69) is 15.5 Å². The van der Waals surface area contributed by atoms with E-state index in [4.69, 9.17) is 0 Å². The van der Waals surface area contributed by atoms with Crippen LogP contribution in [0.4, 0.5) is 9.52 Å². The number of thioether (sulfide) groups is 1. The summed E-state index contributed by atoms with van der Waals surface area (Å²) in [6, 6.07) is 7.25. The molecule has 1 fully saturated rings. The summed E-state index contributed by atoms with van der Waals surface area (Å²) in [5, 5.41) is 12.4. The first-order valence-electron chi connectivity index (χ1n) is 5.77. The minimum absolute atomic E-state index is 0.193. The van der Waals surface area contributed by atoms with Crippen molar-refractivity contribution in [1.29, 1.82) is 0 Å². The summed E-state index contributed by atoms with van der Waals surface area (Å²) in [4.78, 5) is 0. The van der Waals surface area contributed by atoms with E-state index in [0.29, 0.717) is 6.04 Å². The fourth-order valence-electron chi connectivity index (χ4n) is 1.50. The van der Waals surface area contributed by atoms with Crippen molar-refractivity contribution in [3.63, 3.8) is 0 Å². The Morgan fingerprint density at radius 3 is 3.06 bits per heavy atom. The molecule has 1 N–H and O–H groups in total. The summed E-state index contributed by atoms with van der Waals surface area (Å²) >= 11 is 3.15. The topological polar surface area (TPSA) is 37.8 Å². The van der Waals surface area contributed by atoms with E-state index in [9.17, 15) is 4.39 Å². The molecule has 18 heavy (non-hydrogen) atoms. The van der Waals surface area contributed by atoms with Crippen LogP contribution in [0.15, 0.2) is 28.6 Å². The second kappa shape index (κ2) is 5.24. The quantitative estimate of drug-likeness (QED) is 0.851. The van der Waals surface area contributed by atoms with Crippen LogP contribution < -0.4 is 5.32 Å².